The van der Waals surface area contributed by atoms with Crippen molar-refractivity contribution >= 4 is 28.1 Å². The minimum Gasteiger partial charge on any atom is -0.497 e. The third kappa shape index (κ3) is 3.97. The van der Waals surface area contributed by atoms with E-state index in [2.05, 4.69) is 10.3 Å². The van der Waals surface area contributed by atoms with Gasteiger partial charge in [0.25, 0.3) is 0 Å². The summed E-state index contributed by atoms with van der Waals surface area (Å²) in [6.45, 7) is 2.98. The Kier molecular flexibility index (Phi) is 5.26. The highest BCUT2D eigenvalue weighted by Gasteiger charge is 2.21. The molecule has 0 aliphatic carbocycles. The molecule has 1 unspecified atom stereocenters. The Bertz CT molecular complexity index is 1030. The van der Waals surface area contributed by atoms with Gasteiger partial charge in [-0.15, -0.1) is 0 Å². The van der Waals surface area contributed by atoms with E-state index in [4.69, 9.17) is 19.9 Å². The molecule has 3 aromatic rings. The number of benzene rings is 2. The first-order chi connectivity index (χ1) is 14.0. The molecule has 0 saturated carbocycles. The van der Waals surface area contributed by atoms with E-state index in [1.807, 2.05) is 31.2 Å². The lowest BCUT2D eigenvalue weighted by molar-refractivity contribution is 0.104. The van der Waals surface area contributed by atoms with Crippen LogP contribution in [0.3, 0.4) is 0 Å². The lowest BCUT2D eigenvalue weighted by Gasteiger charge is -2.18. The van der Waals surface area contributed by atoms with E-state index in [1.54, 1.807) is 25.3 Å². The number of hydrogen-bond donors (Lipinski definition) is 2. The van der Waals surface area contributed by atoms with Crippen LogP contribution in [-0.2, 0) is 0 Å². The second-order valence-electron chi connectivity index (χ2n) is 6.56. The number of nitrogens with zero attached hydrogens (tertiary/aromatic N) is 1. The van der Waals surface area contributed by atoms with Crippen molar-refractivity contribution in [1.29, 1.82) is 0 Å². The molecular weight excluding hydrogens is 390 g/mol. The van der Waals surface area contributed by atoms with Crippen LogP contribution >= 0.6 is 11.3 Å². The fourth-order valence-corrected chi connectivity index (χ4v) is 3.97. The quantitative estimate of drug-likeness (QED) is 0.594. The summed E-state index contributed by atoms with van der Waals surface area (Å²) in [7, 11) is 1.63. The highest BCUT2D eigenvalue weighted by Crippen LogP contribution is 2.34. The summed E-state index contributed by atoms with van der Waals surface area (Å²) in [4.78, 5) is 17.7. The zero-order chi connectivity index (χ0) is 20.4. The number of nitrogens with one attached hydrogen (secondary N) is 1. The summed E-state index contributed by atoms with van der Waals surface area (Å²) in [5, 5.41) is 3.89. The number of nitrogen functional groups attached to an aromatic ring is 1. The van der Waals surface area contributed by atoms with Crippen LogP contribution < -0.4 is 25.3 Å². The van der Waals surface area contributed by atoms with E-state index in [0.29, 0.717) is 40.3 Å². The molecule has 0 radical (unpaired) electrons. The maximum atomic E-state index is 12.9. The summed E-state index contributed by atoms with van der Waals surface area (Å²) in [5.74, 6) is 2.02. The maximum Gasteiger partial charge on any atom is 0.206 e. The van der Waals surface area contributed by atoms with E-state index < -0.39 is 0 Å². The van der Waals surface area contributed by atoms with Gasteiger partial charge in [-0.2, -0.15) is 0 Å². The van der Waals surface area contributed by atoms with E-state index in [0.717, 1.165) is 11.3 Å². The molecule has 150 valence electrons. The number of methoxy groups -OCH3 is 1. The predicted octanol–water partition coefficient (Wildman–Crippen LogP) is 3.91. The monoisotopic (exact) mass is 411 g/mol. The Morgan fingerprint density at radius 1 is 1.17 bits per heavy atom. The number of carbonyl (C=O) groups excluding carboxylic acids is 1. The van der Waals surface area contributed by atoms with E-state index in [9.17, 15) is 4.79 Å². The van der Waals surface area contributed by atoms with Gasteiger partial charge in [0, 0.05) is 5.56 Å². The van der Waals surface area contributed by atoms with Gasteiger partial charge in [0.2, 0.25) is 5.78 Å². The largest absolute Gasteiger partial charge is 0.497 e. The highest BCUT2D eigenvalue weighted by molar-refractivity contribution is 7.18. The van der Waals surface area contributed by atoms with Crippen molar-refractivity contribution in [2.45, 2.75) is 13.0 Å². The van der Waals surface area contributed by atoms with Crippen molar-refractivity contribution in [3.63, 3.8) is 0 Å². The lowest BCUT2D eigenvalue weighted by atomic mass is 10.1. The number of ketones is 1. The lowest BCUT2D eigenvalue weighted by Crippen LogP contribution is -2.15. The summed E-state index contributed by atoms with van der Waals surface area (Å²) >= 11 is 1.24. The van der Waals surface area contributed by atoms with Gasteiger partial charge in [-0.05, 0) is 42.8 Å². The van der Waals surface area contributed by atoms with Crippen LogP contribution in [0, 0.1) is 0 Å². The van der Waals surface area contributed by atoms with E-state index >= 15 is 0 Å². The van der Waals surface area contributed by atoms with Gasteiger partial charge in [0.15, 0.2) is 16.6 Å². The molecule has 0 bridgehead atoms. The molecule has 0 amide bonds. The van der Waals surface area contributed by atoms with Gasteiger partial charge >= 0.3 is 0 Å². The van der Waals surface area contributed by atoms with Gasteiger partial charge in [0.1, 0.15) is 29.7 Å². The zero-order valence-corrected chi connectivity index (χ0v) is 16.9. The molecule has 2 aromatic carbocycles. The van der Waals surface area contributed by atoms with Crippen LogP contribution in [0.15, 0.2) is 42.5 Å². The molecule has 29 heavy (non-hydrogen) atoms. The molecule has 7 nitrogen and oxygen atoms in total. The van der Waals surface area contributed by atoms with Crippen LogP contribution in [0.1, 0.15) is 33.8 Å². The van der Waals surface area contributed by atoms with Gasteiger partial charge in [0.05, 0.1) is 13.2 Å². The second kappa shape index (κ2) is 8.00. The van der Waals surface area contributed by atoms with E-state index in [-0.39, 0.29) is 17.6 Å². The molecule has 4 rings (SSSR count). The summed E-state index contributed by atoms with van der Waals surface area (Å²) in [5.41, 5.74) is 7.59. The molecule has 1 aromatic heterocycles. The van der Waals surface area contributed by atoms with Crippen molar-refractivity contribution in [3.8, 4) is 17.2 Å². The average molecular weight is 411 g/mol. The van der Waals surface area contributed by atoms with Crippen LogP contribution in [0.5, 0.6) is 17.2 Å². The van der Waals surface area contributed by atoms with Gasteiger partial charge in [-0.1, -0.05) is 23.5 Å². The molecular formula is C21H21N3O4S. The molecule has 8 heteroatoms. The van der Waals surface area contributed by atoms with Crippen molar-refractivity contribution in [3.05, 3.63) is 58.5 Å². The smallest absolute Gasteiger partial charge is 0.206 e. The zero-order valence-electron chi connectivity index (χ0n) is 16.1. The third-order valence-electron chi connectivity index (χ3n) is 4.62. The third-order valence-corrected chi connectivity index (χ3v) is 5.62. The normalized spacial score (nSPS) is 13.6. The number of hydrogen-bond acceptors (Lipinski definition) is 8. The Morgan fingerprint density at radius 3 is 2.62 bits per heavy atom. The fourth-order valence-electron chi connectivity index (χ4n) is 3.03. The summed E-state index contributed by atoms with van der Waals surface area (Å²) < 4.78 is 16.3. The first-order valence-corrected chi connectivity index (χ1v) is 9.98. The number of ether oxygens (including phenoxy) is 3. The van der Waals surface area contributed by atoms with Crippen molar-refractivity contribution < 1.29 is 19.0 Å². The van der Waals surface area contributed by atoms with Crippen LogP contribution in [-0.4, -0.2) is 31.1 Å². The highest BCUT2D eigenvalue weighted by atomic mass is 32.1. The van der Waals surface area contributed by atoms with Gasteiger partial charge < -0.3 is 25.3 Å². The molecule has 3 N–H and O–H groups in total. The number of fused-ring (bicyclic) bond motifs is 1. The van der Waals surface area contributed by atoms with E-state index in [1.165, 1.54) is 11.3 Å². The number of carbonyl (C=O) groups is 1. The molecule has 0 fully saturated rings. The fraction of sp³-hybridized carbons (Fsp3) is 0.238. The van der Waals surface area contributed by atoms with Crippen molar-refractivity contribution in [2.24, 2.45) is 0 Å². The second-order valence-corrected chi connectivity index (χ2v) is 7.56. The maximum absolute atomic E-state index is 12.9. The van der Waals surface area contributed by atoms with Crippen molar-refractivity contribution in [2.75, 3.05) is 31.4 Å². The Labute approximate surface area is 172 Å². The average Bonchev–Trinajstić information content (AvgIpc) is 3.12. The molecule has 1 atom stereocenters. The first-order valence-electron chi connectivity index (χ1n) is 9.16. The van der Waals surface area contributed by atoms with Crippen LogP contribution in [0.4, 0.5) is 10.9 Å². The summed E-state index contributed by atoms with van der Waals surface area (Å²) in [6.07, 6.45) is 0. The SMILES string of the molecule is COc1ccc(C(C)Nc2nc(N)c(C(=O)c3ccc4c(c3)OCCO4)s2)cc1. The molecule has 2 heterocycles. The molecule has 0 spiro atoms. The Balaban J connectivity index is 1.52. The Hall–Kier alpha value is -3.26. The number of aromatic nitrogens is 1. The number of nitrogens with two attached hydrogens (primary N) is 1. The van der Waals surface area contributed by atoms with Gasteiger partial charge in [-0.25, -0.2) is 4.98 Å². The van der Waals surface area contributed by atoms with Crippen LogP contribution in [0.25, 0.3) is 0 Å². The molecule has 1 aliphatic heterocycles. The Morgan fingerprint density at radius 2 is 1.90 bits per heavy atom. The number of anilines is 2. The minimum absolute atomic E-state index is 0.0105. The molecule has 1 aliphatic rings. The predicted molar refractivity (Wildman–Crippen MR) is 112 cm³/mol. The van der Waals surface area contributed by atoms with Crippen LogP contribution in [0.2, 0.25) is 0 Å². The number of thiazole rings is 1. The summed E-state index contributed by atoms with van der Waals surface area (Å²) in [6, 6.07) is 12.9. The minimum atomic E-state index is -0.192. The first kappa shape index (κ1) is 19.1. The standard InChI is InChI=1S/C21H21N3O4S/c1-12(13-3-6-15(26-2)7-4-13)23-21-24-20(22)19(29-21)18(25)14-5-8-16-17(11-14)28-10-9-27-16/h3-8,11-12H,9-10,22H2,1-2H3,(H,23,24). The van der Waals surface area contributed by atoms with Gasteiger partial charge in [-0.3, -0.25) is 4.79 Å². The molecule has 0 saturated heterocycles. The topological polar surface area (TPSA) is 95.7 Å². The van der Waals surface area contributed by atoms with Crippen molar-refractivity contribution in [1.82, 2.24) is 4.98 Å². The number of rotatable bonds is 6.